The lowest BCUT2D eigenvalue weighted by Crippen LogP contribution is -2.39. The standard InChI is InChI=1S/C11H18N4O/c1-10-2-3-11(14-13-10)12-4-5-15-6-8-16-9-7-15/h2-3H,4-9H2,1H3,(H,12,14). The van der Waals surface area contributed by atoms with E-state index in [4.69, 9.17) is 4.74 Å². The number of nitrogens with one attached hydrogen (secondary N) is 1. The van der Waals surface area contributed by atoms with Crippen LogP contribution in [0.1, 0.15) is 5.69 Å². The Morgan fingerprint density at radius 2 is 2.12 bits per heavy atom. The van der Waals surface area contributed by atoms with Crippen molar-refractivity contribution in [3.8, 4) is 0 Å². The number of aryl methyl sites for hydroxylation is 1. The molecule has 1 aromatic rings. The van der Waals surface area contributed by atoms with Crippen LogP contribution in [0.2, 0.25) is 0 Å². The van der Waals surface area contributed by atoms with E-state index in [2.05, 4.69) is 20.4 Å². The molecule has 1 aliphatic rings. The average Bonchev–Trinajstić information content (AvgIpc) is 2.33. The Morgan fingerprint density at radius 1 is 1.31 bits per heavy atom. The minimum atomic E-state index is 0.846. The summed E-state index contributed by atoms with van der Waals surface area (Å²) in [7, 11) is 0. The number of hydrogen-bond donors (Lipinski definition) is 1. The van der Waals surface area contributed by atoms with E-state index in [9.17, 15) is 0 Å². The second-order valence-electron chi connectivity index (χ2n) is 3.94. The van der Waals surface area contributed by atoms with E-state index >= 15 is 0 Å². The molecule has 2 heterocycles. The molecule has 1 N–H and O–H groups in total. The number of hydrogen-bond acceptors (Lipinski definition) is 5. The maximum absolute atomic E-state index is 5.29. The molecule has 1 saturated heterocycles. The lowest BCUT2D eigenvalue weighted by molar-refractivity contribution is 0.0398. The van der Waals surface area contributed by atoms with E-state index in [1.54, 1.807) is 0 Å². The molecular weight excluding hydrogens is 204 g/mol. The Hall–Kier alpha value is -1.20. The van der Waals surface area contributed by atoms with Crippen LogP contribution in [0.25, 0.3) is 0 Å². The van der Waals surface area contributed by atoms with Crippen LogP contribution in [0.4, 0.5) is 5.82 Å². The van der Waals surface area contributed by atoms with Crippen LogP contribution in [0.5, 0.6) is 0 Å². The molecule has 1 aromatic heterocycles. The van der Waals surface area contributed by atoms with Gasteiger partial charge in [0.1, 0.15) is 5.82 Å². The molecule has 0 atom stereocenters. The van der Waals surface area contributed by atoms with Gasteiger partial charge >= 0.3 is 0 Å². The zero-order valence-corrected chi connectivity index (χ0v) is 9.65. The summed E-state index contributed by atoms with van der Waals surface area (Å²) in [6.07, 6.45) is 0. The minimum absolute atomic E-state index is 0.846. The van der Waals surface area contributed by atoms with E-state index in [0.29, 0.717) is 0 Å². The molecule has 0 amide bonds. The van der Waals surface area contributed by atoms with Gasteiger partial charge in [-0.2, -0.15) is 5.10 Å². The second kappa shape index (κ2) is 5.77. The lowest BCUT2D eigenvalue weighted by atomic mass is 10.4. The molecule has 16 heavy (non-hydrogen) atoms. The fourth-order valence-corrected chi connectivity index (χ4v) is 1.66. The normalized spacial score (nSPS) is 17.3. The zero-order chi connectivity index (χ0) is 11.2. The van der Waals surface area contributed by atoms with Gasteiger partial charge in [-0.1, -0.05) is 0 Å². The first-order chi connectivity index (χ1) is 7.84. The van der Waals surface area contributed by atoms with Gasteiger partial charge in [-0.3, -0.25) is 4.90 Å². The molecule has 5 heteroatoms. The van der Waals surface area contributed by atoms with Crippen molar-refractivity contribution in [2.24, 2.45) is 0 Å². The van der Waals surface area contributed by atoms with E-state index in [-0.39, 0.29) is 0 Å². The minimum Gasteiger partial charge on any atom is -0.379 e. The third-order valence-electron chi connectivity index (χ3n) is 2.64. The highest BCUT2D eigenvalue weighted by molar-refractivity contribution is 5.32. The van der Waals surface area contributed by atoms with E-state index in [0.717, 1.165) is 50.9 Å². The Labute approximate surface area is 95.8 Å². The highest BCUT2D eigenvalue weighted by Gasteiger charge is 2.09. The molecule has 0 bridgehead atoms. The lowest BCUT2D eigenvalue weighted by Gasteiger charge is -2.26. The molecule has 88 valence electrons. The second-order valence-corrected chi connectivity index (χ2v) is 3.94. The van der Waals surface area contributed by atoms with Crippen molar-refractivity contribution >= 4 is 5.82 Å². The quantitative estimate of drug-likeness (QED) is 0.805. The van der Waals surface area contributed by atoms with Gasteiger partial charge in [0.25, 0.3) is 0 Å². The summed E-state index contributed by atoms with van der Waals surface area (Å²) in [6.45, 7) is 7.62. The summed E-state index contributed by atoms with van der Waals surface area (Å²) in [5, 5.41) is 11.3. The first kappa shape index (κ1) is 11.3. The van der Waals surface area contributed by atoms with Crippen molar-refractivity contribution in [2.75, 3.05) is 44.7 Å². The molecule has 0 spiro atoms. The number of morpholine rings is 1. The van der Waals surface area contributed by atoms with Gasteiger partial charge in [-0.25, -0.2) is 0 Å². The predicted octanol–water partition coefficient (Wildman–Crippen LogP) is 0.529. The maximum atomic E-state index is 5.29. The molecule has 0 aliphatic carbocycles. The predicted molar refractivity (Wildman–Crippen MR) is 62.5 cm³/mol. The van der Waals surface area contributed by atoms with Gasteiger partial charge in [0.2, 0.25) is 0 Å². The van der Waals surface area contributed by atoms with Crippen LogP contribution in [0.15, 0.2) is 12.1 Å². The summed E-state index contributed by atoms with van der Waals surface area (Å²) in [5.41, 5.74) is 0.943. The SMILES string of the molecule is Cc1ccc(NCCN2CCOCC2)nn1. The molecule has 0 aromatic carbocycles. The van der Waals surface area contributed by atoms with Gasteiger partial charge in [-0.15, -0.1) is 5.10 Å². The molecular formula is C11H18N4O. The van der Waals surface area contributed by atoms with Crippen molar-refractivity contribution in [3.05, 3.63) is 17.8 Å². The highest BCUT2D eigenvalue weighted by Crippen LogP contribution is 2.01. The van der Waals surface area contributed by atoms with Crippen LogP contribution < -0.4 is 5.32 Å². The van der Waals surface area contributed by atoms with Crippen LogP contribution in [-0.2, 0) is 4.74 Å². The van der Waals surface area contributed by atoms with E-state index in [1.807, 2.05) is 19.1 Å². The van der Waals surface area contributed by atoms with Gasteiger partial charge < -0.3 is 10.1 Å². The fourth-order valence-electron chi connectivity index (χ4n) is 1.66. The smallest absolute Gasteiger partial charge is 0.148 e. The molecule has 0 radical (unpaired) electrons. The molecule has 0 unspecified atom stereocenters. The highest BCUT2D eigenvalue weighted by atomic mass is 16.5. The average molecular weight is 222 g/mol. The third kappa shape index (κ3) is 3.43. The number of rotatable bonds is 4. The first-order valence-corrected chi connectivity index (χ1v) is 5.69. The van der Waals surface area contributed by atoms with Crippen LogP contribution in [0.3, 0.4) is 0 Å². The van der Waals surface area contributed by atoms with Gasteiger partial charge in [-0.05, 0) is 19.1 Å². The Bertz CT molecular complexity index is 308. The van der Waals surface area contributed by atoms with Gasteiger partial charge in [0.05, 0.1) is 18.9 Å². The number of nitrogens with zero attached hydrogens (tertiary/aromatic N) is 3. The van der Waals surface area contributed by atoms with Gasteiger partial charge in [0, 0.05) is 26.2 Å². The van der Waals surface area contributed by atoms with Crippen LogP contribution in [0, 0.1) is 6.92 Å². The summed E-state index contributed by atoms with van der Waals surface area (Å²) in [5.74, 6) is 0.846. The summed E-state index contributed by atoms with van der Waals surface area (Å²) in [6, 6.07) is 3.92. The number of anilines is 1. The third-order valence-corrected chi connectivity index (χ3v) is 2.64. The number of aromatic nitrogens is 2. The topological polar surface area (TPSA) is 50.3 Å². The Balaban J connectivity index is 1.69. The van der Waals surface area contributed by atoms with Crippen molar-refractivity contribution < 1.29 is 4.74 Å². The maximum Gasteiger partial charge on any atom is 0.148 e. The zero-order valence-electron chi connectivity index (χ0n) is 9.65. The molecule has 5 nitrogen and oxygen atoms in total. The van der Waals surface area contributed by atoms with Gasteiger partial charge in [0.15, 0.2) is 0 Å². The first-order valence-electron chi connectivity index (χ1n) is 5.69. The van der Waals surface area contributed by atoms with Crippen LogP contribution >= 0.6 is 0 Å². The van der Waals surface area contributed by atoms with Crippen LogP contribution in [-0.4, -0.2) is 54.5 Å². The Kier molecular flexibility index (Phi) is 4.07. The summed E-state index contributed by atoms with van der Waals surface area (Å²) in [4.78, 5) is 2.39. The van der Waals surface area contributed by atoms with Crippen molar-refractivity contribution in [1.29, 1.82) is 0 Å². The molecule has 1 fully saturated rings. The van der Waals surface area contributed by atoms with Crippen molar-refractivity contribution in [2.45, 2.75) is 6.92 Å². The largest absolute Gasteiger partial charge is 0.379 e. The monoisotopic (exact) mass is 222 g/mol. The van der Waals surface area contributed by atoms with Crippen molar-refractivity contribution in [1.82, 2.24) is 15.1 Å². The number of ether oxygens (including phenoxy) is 1. The van der Waals surface area contributed by atoms with Crippen molar-refractivity contribution in [3.63, 3.8) is 0 Å². The van der Waals surface area contributed by atoms with E-state index < -0.39 is 0 Å². The molecule has 0 saturated carbocycles. The molecule has 2 rings (SSSR count). The van der Waals surface area contributed by atoms with E-state index in [1.165, 1.54) is 0 Å². The Morgan fingerprint density at radius 3 is 2.81 bits per heavy atom. The summed E-state index contributed by atoms with van der Waals surface area (Å²) < 4.78 is 5.29. The summed E-state index contributed by atoms with van der Waals surface area (Å²) >= 11 is 0. The molecule has 1 aliphatic heterocycles. The fraction of sp³-hybridized carbons (Fsp3) is 0.636.